The fraction of sp³-hybridized carbons (Fsp3) is 0.692. The van der Waals surface area contributed by atoms with Gasteiger partial charge < -0.3 is 10.6 Å². The average Bonchev–Trinajstić information content (AvgIpc) is 2.99. The van der Waals surface area contributed by atoms with Gasteiger partial charge in [0.25, 0.3) is 0 Å². The first kappa shape index (κ1) is 13.5. The zero-order chi connectivity index (χ0) is 14.3. The third-order valence-corrected chi connectivity index (χ3v) is 4.31. The Morgan fingerprint density at radius 3 is 2.45 bits per heavy atom. The molecule has 1 aromatic rings. The summed E-state index contributed by atoms with van der Waals surface area (Å²) in [6, 6.07) is 1.77. The van der Waals surface area contributed by atoms with Crippen LogP contribution in [0.25, 0.3) is 0 Å². The number of alkyl halides is 3. The molecular weight excluding hydrogens is 269 g/mol. The average molecular weight is 286 g/mol. The van der Waals surface area contributed by atoms with Crippen LogP contribution in [0.1, 0.15) is 31.5 Å². The number of hydrogen-bond donors (Lipinski definition) is 2. The Labute approximate surface area is 115 Å². The molecule has 2 aliphatic rings. The summed E-state index contributed by atoms with van der Waals surface area (Å²) in [6.45, 7) is 0. The number of hydrogen-bond acceptors (Lipinski definition) is 4. The molecule has 0 amide bonds. The van der Waals surface area contributed by atoms with Crippen LogP contribution in [-0.2, 0) is 6.18 Å². The second kappa shape index (κ2) is 4.79. The van der Waals surface area contributed by atoms with E-state index >= 15 is 0 Å². The highest BCUT2D eigenvalue weighted by molar-refractivity contribution is 5.48. The summed E-state index contributed by atoms with van der Waals surface area (Å²) in [5.74, 6) is 0.634. The maximum Gasteiger partial charge on any atom is 0.451 e. The molecule has 3 rings (SSSR count). The van der Waals surface area contributed by atoms with Crippen molar-refractivity contribution in [2.45, 2.75) is 37.9 Å². The van der Waals surface area contributed by atoms with E-state index in [4.69, 9.17) is 0 Å². The lowest BCUT2D eigenvalue weighted by atomic mass is 9.95. The number of aromatic nitrogens is 2. The van der Waals surface area contributed by atoms with E-state index in [0.717, 1.165) is 12.3 Å². The highest BCUT2D eigenvalue weighted by Gasteiger charge is 2.40. The fourth-order valence-electron chi connectivity index (χ4n) is 3.39. The molecule has 1 aromatic heterocycles. The van der Waals surface area contributed by atoms with Gasteiger partial charge in [0.05, 0.1) is 0 Å². The van der Waals surface area contributed by atoms with Crippen LogP contribution in [0.3, 0.4) is 0 Å². The van der Waals surface area contributed by atoms with Crippen LogP contribution in [0.2, 0.25) is 0 Å². The van der Waals surface area contributed by atoms with E-state index in [-0.39, 0.29) is 17.7 Å². The SMILES string of the molecule is CNc1cc(NC2CC3CCC2C3)nc(C(F)(F)F)n1. The van der Waals surface area contributed by atoms with Gasteiger partial charge in [-0.3, -0.25) is 0 Å². The van der Waals surface area contributed by atoms with E-state index in [9.17, 15) is 13.2 Å². The Balaban J connectivity index is 1.82. The van der Waals surface area contributed by atoms with Gasteiger partial charge >= 0.3 is 6.18 Å². The smallest absolute Gasteiger partial charge is 0.373 e. The quantitative estimate of drug-likeness (QED) is 0.896. The van der Waals surface area contributed by atoms with E-state index in [2.05, 4.69) is 20.6 Å². The van der Waals surface area contributed by atoms with E-state index in [1.807, 2.05) is 0 Å². The molecule has 0 saturated heterocycles. The van der Waals surface area contributed by atoms with Crippen molar-refractivity contribution in [2.24, 2.45) is 11.8 Å². The predicted molar refractivity (Wildman–Crippen MR) is 69.4 cm³/mol. The van der Waals surface area contributed by atoms with Gasteiger partial charge in [-0.25, -0.2) is 9.97 Å². The Hall–Kier alpha value is -1.53. The summed E-state index contributed by atoms with van der Waals surface area (Å²) in [5, 5.41) is 5.82. The molecule has 2 N–H and O–H groups in total. The molecule has 0 aliphatic heterocycles. The van der Waals surface area contributed by atoms with E-state index < -0.39 is 12.0 Å². The lowest BCUT2D eigenvalue weighted by Crippen LogP contribution is -2.27. The van der Waals surface area contributed by atoms with Gasteiger partial charge in [-0.2, -0.15) is 13.2 Å². The summed E-state index contributed by atoms with van der Waals surface area (Å²) >= 11 is 0. The van der Waals surface area contributed by atoms with Gasteiger partial charge in [-0.1, -0.05) is 6.42 Å². The normalized spacial score (nSPS) is 28.7. The summed E-state index contributed by atoms with van der Waals surface area (Å²) in [6.07, 6.45) is 0.108. The predicted octanol–water partition coefficient (Wildman–Crippen LogP) is 3.14. The van der Waals surface area contributed by atoms with Gasteiger partial charge in [0.15, 0.2) is 0 Å². The van der Waals surface area contributed by atoms with Crippen LogP contribution >= 0.6 is 0 Å². The zero-order valence-corrected chi connectivity index (χ0v) is 11.2. The Bertz CT molecular complexity index is 503. The molecule has 2 bridgehead atoms. The lowest BCUT2D eigenvalue weighted by Gasteiger charge is -2.24. The van der Waals surface area contributed by atoms with Crippen molar-refractivity contribution in [1.29, 1.82) is 0 Å². The van der Waals surface area contributed by atoms with Gasteiger partial charge in [0.1, 0.15) is 11.6 Å². The molecule has 110 valence electrons. The van der Waals surface area contributed by atoms with Gasteiger partial charge in [0.2, 0.25) is 5.82 Å². The maximum atomic E-state index is 12.8. The first-order chi connectivity index (χ1) is 9.45. The fourth-order valence-corrected chi connectivity index (χ4v) is 3.39. The minimum Gasteiger partial charge on any atom is -0.373 e. The molecular formula is C13H17F3N4. The van der Waals surface area contributed by atoms with Crippen molar-refractivity contribution in [3.8, 4) is 0 Å². The number of nitrogens with zero attached hydrogens (tertiary/aromatic N) is 2. The van der Waals surface area contributed by atoms with E-state index in [1.54, 1.807) is 7.05 Å². The second-order valence-electron chi connectivity index (χ2n) is 5.64. The van der Waals surface area contributed by atoms with Crippen LogP contribution < -0.4 is 10.6 Å². The van der Waals surface area contributed by atoms with Crippen molar-refractivity contribution < 1.29 is 13.2 Å². The first-order valence-corrected chi connectivity index (χ1v) is 6.86. The van der Waals surface area contributed by atoms with Crippen LogP contribution in [0, 0.1) is 11.8 Å². The molecule has 20 heavy (non-hydrogen) atoms. The van der Waals surface area contributed by atoms with Crippen LogP contribution in [0.15, 0.2) is 6.07 Å². The third-order valence-electron chi connectivity index (χ3n) is 4.31. The van der Waals surface area contributed by atoms with Crippen molar-refractivity contribution in [3.63, 3.8) is 0 Å². The van der Waals surface area contributed by atoms with Crippen molar-refractivity contribution >= 4 is 11.6 Å². The standard InChI is InChI=1S/C13H17F3N4/c1-17-10-6-11(20-12(19-10)13(14,15)16)18-9-5-7-2-3-8(9)4-7/h6-9H,2-5H2,1H3,(H2,17,18,19,20). The number of anilines is 2. The monoisotopic (exact) mass is 286 g/mol. The minimum atomic E-state index is -4.53. The number of fused-ring (bicyclic) bond motifs is 2. The Morgan fingerprint density at radius 2 is 1.90 bits per heavy atom. The van der Waals surface area contributed by atoms with Crippen LogP contribution in [0.4, 0.5) is 24.8 Å². The number of halogens is 3. The molecule has 7 heteroatoms. The topological polar surface area (TPSA) is 49.8 Å². The number of nitrogens with one attached hydrogen (secondary N) is 2. The summed E-state index contributed by atoms with van der Waals surface area (Å²) in [5.41, 5.74) is 0. The Kier molecular flexibility index (Phi) is 3.22. The zero-order valence-electron chi connectivity index (χ0n) is 11.2. The molecule has 2 saturated carbocycles. The van der Waals surface area contributed by atoms with Crippen molar-refractivity contribution in [1.82, 2.24) is 9.97 Å². The number of rotatable bonds is 3. The van der Waals surface area contributed by atoms with Gasteiger partial charge in [0, 0.05) is 19.2 Å². The molecule has 0 spiro atoms. The minimum absolute atomic E-state index is 0.179. The van der Waals surface area contributed by atoms with E-state index in [0.29, 0.717) is 5.92 Å². The first-order valence-electron chi connectivity index (χ1n) is 6.86. The van der Waals surface area contributed by atoms with Crippen molar-refractivity contribution in [2.75, 3.05) is 17.7 Å². The molecule has 0 aromatic carbocycles. The van der Waals surface area contributed by atoms with Gasteiger partial charge in [-0.15, -0.1) is 0 Å². The summed E-state index contributed by atoms with van der Waals surface area (Å²) in [4.78, 5) is 7.07. The molecule has 1 heterocycles. The highest BCUT2D eigenvalue weighted by Crippen LogP contribution is 2.45. The van der Waals surface area contributed by atoms with Gasteiger partial charge in [-0.05, 0) is 31.1 Å². The molecule has 2 fully saturated rings. The van der Waals surface area contributed by atoms with Crippen LogP contribution in [0.5, 0.6) is 0 Å². The molecule has 3 atom stereocenters. The third kappa shape index (κ3) is 2.53. The largest absolute Gasteiger partial charge is 0.451 e. The summed E-state index contributed by atoms with van der Waals surface area (Å²) in [7, 11) is 1.55. The van der Waals surface area contributed by atoms with E-state index in [1.165, 1.54) is 25.3 Å². The highest BCUT2D eigenvalue weighted by atomic mass is 19.4. The molecule has 0 radical (unpaired) electrons. The maximum absolute atomic E-state index is 12.8. The van der Waals surface area contributed by atoms with Crippen molar-refractivity contribution in [3.05, 3.63) is 11.9 Å². The molecule has 3 unspecified atom stereocenters. The summed E-state index contributed by atoms with van der Waals surface area (Å²) < 4.78 is 38.3. The molecule has 2 aliphatic carbocycles. The molecule has 4 nitrogen and oxygen atoms in total. The Morgan fingerprint density at radius 1 is 1.15 bits per heavy atom. The van der Waals surface area contributed by atoms with Crippen LogP contribution in [-0.4, -0.2) is 23.1 Å². The lowest BCUT2D eigenvalue weighted by molar-refractivity contribution is -0.144. The second-order valence-corrected chi connectivity index (χ2v) is 5.64.